The van der Waals surface area contributed by atoms with Crippen LogP contribution in [0.1, 0.15) is 23.2 Å². The maximum Gasteiger partial charge on any atom is 0.311 e. The molecular weight excluding hydrogens is 244 g/mol. The van der Waals surface area contributed by atoms with Gasteiger partial charge in [-0.15, -0.1) is 0 Å². The van der Waals surface area contributed by atoms with Crippen molar-refractivity contribution in [2.45, 2.75) is 12.8 Å². The van der Waals surface area contributed by atoms with Gasteiger partial charge in [-0.1, -0.05) is 0 Å². The van der Waals surface area contributed by atoms with Crippen molar-refractivity contribution in [1.29, 1.82) is 0 Å². The summed E-state index contributed by atoms with van der Waals surface area (Å²) in [6.45, 7) is -0.0285. The third-order valence-electron chi connectivity index (χ3n) is 3.02. The maximum atomic E-state index is 12.9. The van der Waals surface area contributed by atoms with Crippen LogP contribution in [-0.2, 0) is 4.79 Å². The molecule has 0 radical (unpaired) electrons. The molecule has 1 fully saturated rings. The van der Waals surface area contributed by atoms with Crippen LogP contribution in [0.3, 0.4) is 0 Å². The summed E-state index contributed by atoms with van der Waals surface area (Å²) in [6.07, 6.45) is 1.00. The highest BCUT2D eigenvalue weighted by Gasteiger charge is 2.50. The molecule has 1 saturated carbocycles. The Labute approximate surface area is 102 Å². The van der Waals surface area contributed by atoms with E-state index >= 15 is 0 Å². The summed E-state index contributed by atoms with van der Waals surface area (Å²) in [4.78, 5) is 22.5. The fourth-order valence-corrected chi connectivity index (χ4v) is 1.65. The van der Waals surface area contributed by atoms with Gasteiger partial charge in [-0.25, -0.2) is 8.78 Å². The Morgan fingerprint density at radius 2 is 1.78 bits per heavy atom. The highest BCUT2D eigenvalue weighted by molar-refractivity contribution is 5.94. The van der Waals surface area contributed by atoms with Gasteiger partial charge in [-0.3, -0.25) is 9.59 Å². The molecule has 96 valence electrons. The second-order valence-electron chi connectivity index (χ2n) is 4.43. The molecule has 0 saturated heterocycles. The summed E-state index contributed by atoms with van der Waals surface area (Å²) in [5.74, 6) is -3.34. The average Bonchev–Trinajstić information content (AvgIpc) is 3.05. The van der Waals surface area contributed by atoms with Crippen LogP contribution in [0.4, 0.5) is 8.78 Å². The van der Waals surface area contributed by atoms with Gasteiger partial charge in [-0.05, 0) is 25.0 Å². The molecule has 0 unspecified atom stereocenters. The molecule has 18 heavy (non-hydrogen) atoms. The van der Waals surface area contributed by atoms with E-state index in [9.17, 15) is 18.4 Å². The average molecular weight is 255 g/mol. The minimum Gasteiger partial charge on any atom is -0.481 e. The Kier molecular flexibility index (Phi) is 3.02. The van der Waals surface area contributed by atoms with E-state index in [1.807, 2.05) is 0 Å². The Bertz CT molecular complexity index is 492. The summed E-state index contributed by atoms with van der Waals surface area (Å²) in [7, 11) is 0. The minimum atomic E-state index is -0.965. The SMILES string of the molecule is O=C(NCC1(C(=O)O)CC1)c1cc(F)cc(F)c1. The Morgan fingerprint density at radius 1 is 1.22 bits per heavy atom. The van der Waals surface area contributed by atoms with Crippen LogP contribution >= 0.6 is 0 Å². The number of carbonyl (C=O) groups is 2. The molecular formula is C12H11F2NO3. The molecule has 1 aromatic carbocycles. The van der Waals surface area contributed by atoms with Crippen molar-refractivity contribution in [3.8, 4) is 0 Å². The van der Waals surface area contributed by atoms with Crippen LogP contribution in [0.2, 0.25) is 0 Å². The highest BCUT2D eigenvalue weighted by atomic mass is 19.1. The lowest BCUT2D eigenvalue weighted by atomic mass is 10.1. The summed E-state index contributed by atoms with van der Waals surface area (Å²) >= 11 is 0. The quantitative estimate of drug-likeness (QED) is 0.858. The Morgan fingerprint density at radius 3 is 2.22 bits per heavy atom. The van der Waals surface area contributed by atoms with Gasteiger partial charge >= 0.3 is 5.97 Å². The zero-order valence-corrected chi connectivity index (χ0v) is 9.37. The fourth-order valence-electron chi connectivity index (χ4n) is 1.65. The number of amides is 1. The molecule has 1 aromatic rings. The lowest BCUT2D eigenvalue weighted by Crippen LogP contribution is -2.34. The first kappa shape index (κ1) is 12.5. The summed E-state index contributed by atoms with van der Waals surface area (Å²) in [5.41, 5.74) is -1.06. The number of hydrogen-bond acceptors (Lipinski definition) is 2. The monoisotopic (exact) mass is 255 g/mol. The van der Waals surface area contributed by atoms with Crippen molar-refractivity contribution in [2.24, 2.45) is 5.41 Å². The first-order valence-corrected chi connectivity index (χ1v) is 5.41. The molecule has 6 heteroatoms. The highest BCUT2D eigenvalue weighted by Crippen LogP contribution is 2.45. The second-order valence-corrected chi connectivity index (χ2v) is 4.43. The normalized spacial score (nSPS) is 16.1. The molecule has 1 amide bonds. The zero-order chi connectivity index (χ0) is 13.3. The topological polar surface area (TPSA) is 66.4 Å². The zero-order valence-electron chi connectivity index (χ0n) is 9.37. The lowest BCUT2D eigenvalue weighted by Gasteiger charge is -2.11. The van der Waals surface area contributed by atoms with Gasteiger partial charge in [0.05, 0.1) is 5.41 Å². The number of nitrogens with one attached hydrogen (secondary N) is 1. The smallest absolute Gasteiger partial charge is 0.311 e. The van der Waals surface area contributed by atoms with Crippen LogP contribution in [0.25, 0.3) is 0 Å². The standard InChI is InChI=1S/C12H11F2NO3/c13-8-3-7(4-9(14)5-8)10(16)15-6-12(1-2-12)11(17)18/h3-5H,1-2,6H2,(H,15,16)(H,17,18). The van der Waals surface area contributed by atoms with Crippen LogP contribution in [-0.4, -0.2) is 23.5 Å². The van der Waals surface area contributed by atoms with E-state index in [0.717, 1.165) is 12.1 Å². The van der Waals surface area contributed by atoms with Crippen LogP contribution in [0.5, 0.6) is 0 Å². The number of carbonyl (C=O) groups excluding carboxylic acids is 1. The maximum absolute atomic E-state index is 12.9. The summed E-state index contributed by atoms with van der Waals surface area (Å²) < 4.78 is 25.8. The van der Waals surface area contributed by atoms with Gasteiger partial charge in [0.2, 0.25) is 0 Å². The van der Waals surface area contributed by atoms with E-state index in [4.69, 9.17) is 5.11 Å². The molecule has 0 aromatic heterocycles. The van der Waals surface area contributed by atoms with E-state index in [1.54, 1.807) is 0 Å². The first-order valence-electron chi connectivity index (χ1n) is 5.41. The molecule has 0 spiro atoms. The van der Waals surface area contributed by atoms with E-state index in [-0.39, 0.29) is 12.1 Å². The summed E-state index contributed by atoms with van der Waals surface area (Å²) in [5, 5.41) is 11.3. The van der Waals surface area contributed by atoms with Gasteiger partial charge in [-0.2, -0.15) is 0 Å². The number of aliphatic carboxylic acids is 1. The van der Waals surface area contributed by atoms with Crippen molar-refractivity contribution < 1.29 is 23.5 Å². The number of halogens is 2. The van der Waals surface area contributed by atoms with Crippen molar-refractivity contribution in [3.63, 3.8) is 0 Å². The van der Waals surface area contributed by atoms with Gasteiger partial charge in [0.15, 0.2) is 0 Å². The number of hydrogen-bond donors (Lipinski definition) is 2. The van der Waals surface area contributed by atoms with Crippen molar-refractivity contribution in [1.82, 2.24) is 5.32 Å². The van der Waals surface area contributed by atoms with Gasteiger partial charge in [0, 0.05) is 18.2 Å². The molecule has 0 atom stereocenters. The predicted molar refractivity (Wildman–Crippen MR) is 58.0 cm³/mol. The molecule has 2 N–H and O–H groups in total. The third kappa shape index (κ3) is 2.47. The molecule has 0 bridgehead atoms. The van der Waals surface area contributed by atoms with E-state index < -0.39 is 28.9 Å². The van der Waals surface area contributed by atoms with E-state index in [2.05, 4.69) is 5.32 Å². The molecule has 0 aliphatic heterocycles. The van der Waals surface area contributed by atoms with Gasteiger partial charge in [0.25, 0.3) is 5.91 Å². The number of benzene rings is 1. The van der Waals surface area contributed by atoms with Crippen molar-refractivity contribution >= 4 is 11.9 Å². The molecule has 0 heterocycles. The van der Waals surface area contributed by atoms with Crippen LogP contribution in [0, 0.1) is 17.0 Å². The van der Waals surface area contributed by atoms with Crippen molar-refractivity contribution in [3.05, 3.63) is 35.4 Å². The molecule has 1 aliphatic carbocycles. The number of rotatable bonds is 4. The first-order chi connectivity index (χ1) is 8.43. The van der Waals surface area contributed by atoms with E-state index in [1.165, 1.54) is 0 Å². The number of carboxylic acid groups (broad SMARTS) is 1. The number of carboxylic acids is 1. The van der Waals surface area contributed by atoms with Gasteiger partial charge in [0.1, 0.15) is 11.6 Å². The van der Waals surface area contributed by atoms with Gasteiger partial charge < -0.3 is 10.4 Å². The molecule has 4 nitrogen and oxygen atoms in total. The molecule has 2 rings (SSSR count). The third-order valence-corrected chi connectivity index (χ3v) is 3.02. The van der Waals surface area contributed by atoms with Crippen LogP contribution < -0.4 is 5.32 Å². The lowest BCUT2D eigenvalue weighted by molar-refractivity contribution is -0.143. The van der Waals surface area contributed by atoms with Crippen molar-refractivity contribution in [2.75, 3.05) is 6.54 Å². The minimum absolute atomic E-state index is 0.0285. The molecule has 1 aliphatic rings. The van der Waals surface area contributed by atoms with E-state index in [0.29, 0.717) is 18.9 Å². The largest absolute Gasteiger partial charge is 0.481 e. The fraction of sp³-hybridized carbons (Fsp3) is 0.333. The second kappa shape index (κ2) is 4.36. The Hall–Kier alpha value is -1.98. The Balaban J connectivity index is 2.02. The van der Waals surface area contributed by atoms with Crippen LogP contribution in [0.15, 0.2) is 18.2 Å². The summed E-state index contributed by atoms with van der Waals surface area (Å²) in [6, 6.07) is 2.47. The predicted octanol–water partition coefficient (Wildman–Crippen LogP) is 1.56.